The molecule has 1 fully saturated rings. The van der Waals surface area contributed by atoms with Crippen LogP contribution in [-0.2, 0) is 19.7 Å². The van der Waals surface area contributed by atoms with E-state index in [0.717, 1.165) is 25.9 Å². The molecule has 0 saturated carbocycles. The van der Waals surface area contributed by atoms with Gasteiger partial charge in [-0.25, -0.2) is 0 Å². The van der Waals surface area contributed by atoms with E-state index in [-0.39, 0.29) is 12.2 Å². The minimum atomic E-state index is -3.44. The van der Waals surface area contributed by atoms with Gasteiger partial charge in [-0.1, -0.05) is 6.92 Å². The van der Waals surface area contributed by atoms with Crippen LogP contribution in [0.2, 0.25) is 0 Å². The topological polar surface area (TPSA) is 71.1 Å². The molecular weight excluding hydrogens is 294 g/mol. The molecule has 0 bridgehead atoms. The highest BCUT2D eigenvalue weighted by Gasteiger charge is 2.40. The fourth-order valence-electron chi connectivity index (χ4n) is 2.39. The number of rotatable bonds is 10. The maximum atomic E-state index is 12.5. The van der Waals surface area contributed by atoms with Gasteiger partial charge in [-0.3, -0.25) is 0 Å². The average Bonchev–Trinajstić information content (AvgIpc) is 2.90. The fraction of sp³-hybridized carbons (Fsp3) is 1.00. The Morgan fingerprint density at radius 1 is 1.19 bits per heavy atom. The van der Waals surface area contributed by atoms with Crippen molar-refractivity contribution in [2.75, 3.05) is 54.0 Å². The van der Waals surface area contributed by atoms with Crippen LogP contribution in [0.1, 0.15) is 19.8 Å². The highest BCUT2D eigenvalue weighted by atomic mass is 32.2. The summed E-state index contributed by atoms with van der Waals surface area (Å²) >= 11 is 0. The molecule has 2 unspecified atom stereocenters. The molecule has 0 aromatic heterocycles. The summed E-state index contributed by atoms with van der Waals surface area (Å²) in [6.07, 6.45) is 1.47. The summed E-state index contributed by atoms with van der Waals surface area (Å²) in [7, 11) is 1.34. The molecule has 1 aliphatic rings. The summed E-state index contributed by atoms with van der Waals surface area (Å²) in [5.41, 5.74) is 0. The van der Waals surface area contributed by atoms with Crippen molar-refractivity contribution in [3.8, 4) is 0 Å². The minimum absolute atomic E-state index is 0.204. The van der Waals surface area contributed by atoms with Crippen molar-refractivity contribution in [1.82, 2.24) is 13.9 Å². The third kappa shape index (κ3) is 5.15. The second kappa shape index (κ2) is 9.02. The number of methoxy groups -OCH3 is 2. The lowest BCUT2D eigenvalue weighted by atomic mass is 10.3. The Balaban J connectivity index is 2.48. The first kappa shape index (κ1) is 18.8. The van der Waals surface area contributed by atoms with E-state index < -0.39 is 10.2 Å². The van der Waals surface area contributed by atoms with Crippen molar-refractivity contribution in [3.63, 3.8) is 0 Å². The number of nitrogens with zero attached hydrogens (tertiary/aromatic N) is 2. The highest BCUT2D eigenvalue weighted by Crippen LogP contribution is 2.20. The van der Waals surface area contributed by atoms with E-state index in [1.807, 2.05) is 0 Å². The number of hydrogen-bond acceptors (Lipinski definition) is 5. The molecule has 0 spiro atoms. The summed E-state index contributed by atoms with van der Waals surface area (Å²) in [6, 6.07) is 0. The molecule has 0 aromatic rings. The molecule has 7 nitrogen and oxygen atoms in total. The van der Waals surface area contributed by atoms with Crippen molar-refractivity contribution < 1.29 is 17.9 Å². The second-order valence-corrected chi connectivity index (χ2v) is 7.33. The van der Waals surface area contributed by atoms with Gasteiger partial charge < -0.3 is 14.8 Å². The van der Waals surface area contributed by atoms with Gasteiger partial charge >= 0.3 is 0 Å². The van der Waals surface area contributed by atoms with Gasteiger partial charge in [0.15, 0.2) is 0 Å². The summed E-state index contributed by atoms with van der Waals surface area (Å²) in [6.45, 7) is 5.09. The Labute approximate surface area is 128 Å². The van der Waals surface area contributed by atoms with Crippen molar-refractivity contribution in [3.05, 3.63) is 0 Å². The lowest BCUT2D eigenvalue weighted by Gasteiger charge is -2.24. The van der Waals surface area contributed by atoms with Gasteiger partial charge in [0.05, 0.1) is 12.2 Å². The summed E-state index contributed by atoms with van der Waals surface area (Å²) in [5, 5.41) is 3.27. The van der Waals surface area contributed by atoms with Gasteiger partial charge in [-0.15, -0.1) is 0 Å². The van der Waals surface area contributed by atoms with Crippen molar-refractivity contribution >= 4 is 10.2 Å². The van der Waals surface area contributed by atoms with E-state index >= 15 is 0 Å². The van der Waals surface area contributed by atoms with Gasteiger partial charge in [0.25, 0.3) is 10.2 Å². The van der Waals surface area contributed by atoms with E-state index in [1.165, 1.54) is 8.61 Å². The van der Waals surface area contributed by atoms with E-state index in [4.69, 9.17) is 9.47 Å². The maximum absolute atomic E-state index is 12.5. The summed E-state index contributed by atoms with van der Waals surface area (Å²) in [5.74, 6) is 0. The zero-order valence-electron chi connectivity index (χ0n) is 13.5. The van der Waals surface area contributed by atoms with Crippen molar-refractivity contribution in [1.29, 1.82) is 0 Å². The smallest absolute Gasteiger partial charge is 0.281 e. The molecule has 1 N–H and O–H groups in total. The van der Waals surface area contributed by atoms with Gasteiger partial charge in [-0.2, -0.15) is 17.0 Å². The van der Waals surface area contributed by atoms with E-state index in [1.54, 1.807) is 21.3 Å². The van der Waals surface area contributed by atoms with E-state index in [9.17, 15) is 8.42 Å². The quantitative estimate of drug-likeness (QED) is 0.569. The molecule has 0 amide bonds. The van der Waals surface area contributed by atoms with Crippen LogP contribution in [0.5, 0.6) is 0 Å². The van der Waals surface area contributed by atoms with Crippen LogP contribution in [0, 0.1) is 0 Å². The van der Waals surface area contributed by atoms with Crippen LogP contribution >= 0.6 is 0 Å². The largest absolute Gasteiger partial charge is 0.377 e. The van der Waals surface area contributed by atoms with Crippen LogP contribution in [0.15, 0.2) is 0 Å². The first-order chi connectivity index (χ1) is 9.97. The first-order valence-corrected chi connectivity index (χ1v) is 8.84. The third-order valence-corrected chi connectivity index (χ3v) is 5.68. The molecule has 1 saturated heterocycles. The van der Waals surface area contributed by atoms with Crippen LogP contribution in [0.3, 0.4) is 0 Å². The minimum Gasteiger partial charge on any atom is -0.377 e. The normalized spacial score (nSPS) is 24.0. The van der Waals surface area contributed by atoms with Crippen LogP contribution < -0.4 is 5.32 Å². The number of nitrogens with one attached hydrogen (secondary N) is 1. The monoisotopic (exact) mass is 323 g/mol. The molecule has 126 valence electrons. The maximum Gasteiger partial charge on any atom is 0.281 e. The van der Waals surface area contributed by atoms with Crippen molar-refractivity contribution in [2.45, 2.75) is 32.0 Å². The standard InChI is InChI=1S/C13H29N3O4S/c1-5-7-14-8-6-9-15(2)21(17,18)16-10-12(19-3)13(11-16)20-4/h12-14H,5-11H2,1-4H3. The second-order valence-electron chi connectivity index (χ2n) is 5.30. The average molecular weight is 323 g/mol. The zero-order valence-corrected chi connectivity index (χ0v) is 14.4. The predicted octanol–water partition coefficient (Wildman–Crippen LogP) is -0.102. The number of ether oxygens (including phenoxy) is 2. The van der Waals surface area contributed by atoms with Crippen LogP contribution in [-0.4, -0.2) is 83.2 Å². The third-order valence-electron chi connectivity index (χ3n) is 3.76. The Morgan fingerprint density at radius 3 is 2.24 bits per heavy atom. The first-order valence-electron chi connectivity index (χ1n) is 7.45. The van der Waals surface area contributed by atoms with Gasteiger partial charge in [0.2, 0.25) is 0 Å². The van der Waals surface area contributed by atoms with Crippen LogP contribution in [0.4, 0.5) is 0 Å². The molecule has 2 atom stereocenters. The van der Waals surface area contributed by atoms with Gasteiger partial charge in [0, 0.05) is 40.9 Å². The lowest BCUT2D eigenvalue weighted by Crippen LogP contribution is -2.42. The van der Waals surface area contributed by atoms with E-state index in [0.29, 0.717) is 19.6 Å². The molecule has 0 aromatic carbocycles. The van der Waals surface area contributed by atoms with Gasteiger partial charge in [0.1, 0.15) is 0 Å². The Hall–Kier alpha value is -0.250. The molecule has 1 aliphatic heterocycles. The molecule has 1 heterocycles. The fourth-order valence-corrected chi connectivity index (χ4v) is 3.82. The SMILES string of the molecule is CCCNCCCN(C)S(=O)(=O)N1CC(OC)C(OC)C1. The molecule has 8 heteroatoms. The van der Waals surface area contributed by atoms with E-state index in [2.05, 4.69) is 12.2 Å². The number of hydrogen-bond donors (Lipinski definition) is 1. The molecular formula is C13H29N3O4S. The highest BCUT2D eigenvalue weighted by molar-refractivity contribution is 7.86. The predicted molar refractivity (Wildman–Crippen MR) is 82.5 cm³/mol. The molecule has 21 heavy (non-hydrogen) atoms. The van der Waals surface area contributed by atoms with Gasteiger partial charge in [-0.05, 0) is 25.9 Å². The Morgan fingerprint density at radius 2 is 1.76 bits per heavy atom. The summed E-state index contributed by atoms with van der Waals surface area (Å²) < 4.78 is 38.4. The Kier molecular flexibility index (Phi) is 8.07. The lowest BCUT2D eigenvalue weighted by molar-refractivity contribution is -0.00461. The summed E-state index contributed by atoms with van der Waals surface area (Å²) in [4.78, 5) is 0. The van der Waals surface area contributed by atoms with Crippen LogP contribution in [0.25, 0.3) is 0 Å². The molecule has 0 aliphatic carbocycles. The van der Waals surface area contributed by atoms with Crippen molar-refractivity contribution in [2.24, 2.45) is 0 Å². The zero-order chi connectivity index (χ0) is 15.9. The molecule has 0 radical (unpaired) electrons. The Bertz CT molecular complexity index is 379. The molecule has 1 rings (SSSR count).